The summed E-state index contributed by atoms with van der Waals surface area (Å²) >= 11 is 0. The molecule has 12 heteroatoms. The molecule has 204 valence electrons. The van der Waals surface area contributed by atoms with E-state index in [2.05, 4.69) is 5.10 Å². The molecule has 0 amide bonds. The summed E-state index contributed by atoms with van der Waals surface area (Å²) in [5.41, 5.74) is 0.771. The Morgan fingerprint density at radius 3 is 2.26 bits per heavy atom. The molecule has 1 aliphatic carbocycles. The molecule has 39 heavy (non-hydrogen) atoms. The third-order valence-electron chi connectivity index (χ3n) is 7.00. The number of nitriles is 1. The van der Waals surface area contributed by atoms with Gasteiger partial charge in [-0.3, -0.25) is 4.79 Å². The Kier molecular flexibility index (Phi) is 7.63. The minimum absolute atomic E-state index is 0.0375. The van der Waals surface area contributed by atoms with Gasteiger partial charge in [0, 0.05) is 32.2 Å². The highest BCUT2D eigenvalue weighted by molar-refractivity contribution is 7.88. The number of rotatable bonds is 7. The molecule has 2 fully saturated rings. The molecule has 3 aromatic rings. The molecule has 0 N–H and O–H groups in total. The van der Waals surface area contributed by atoms with Gasteiger partial charge < -0.3 is 9.64 Å². The van der Waals surface area contributed by atoms with Crippen LogP contribution in [0.4, 0.5) is 14.5 Å². The predicted octanol–water partition coefficient (Wildman–Crippen LogP) is 3.36. The number of nitrogens with zero attached hydrogens (tertiary/aromatic N) is 5. The van der Waals surface area contributed by atoms with Crippen molar-refractivity contribution in [2.45, 2.75) is 37.5 Å². The molecule has 1 saturated heterocycles. The zero-order valence-corrected chi connectivity index (χ0v) is 21.9. The number of piperazine rings is 1. The highest BCUT2D eigenvalue weighted by Crippen LogP contribution is 2.30. The average molecular weight is 556 g/mol. The van der Waals surface area contributed by atoms with Crippen LogP contribution in [0.25, 0.3) is 5.69 Å². The summed E-state index contributed by atoms with van der Waals surface area (Å²) in [4.78, 5) is 15.3. The summed E-state index contributed by atoms with van der Waals surface area (Å²) in [6.45, 7) is 0.986. The molecule has 0 unspecified atom stereocenters. The van der Waals surface area contributed by atoms with Gasteiger partial charge in [0.15, 0.2) is 0 Å². The number of hydrogen-bond donors (Lipinski definition) is 0. The van der Waals surface area contributed by atoms with E-state index in [1.807, 2.05) is 11.0 Å². The summed E-state index contributed by atoms with van der Waals surface area (Å²) in [7, 11) is -3.61. The van der Waals surface area contributed by atoms with Gasteiger partial charge in [-0.15, -0.1) is 0 Å². The standard InChI is InChI=1S/C27H27F2N5O4S/c28-21-13-22(29)15-23(14-21)34-27(35)26(38-24-3-1-2-4-24)25(17-31-34)32-9-11-33(12-10-32)39(36,37)18-20-7-5-19(16-30)6-8-20/h5-8,13-15,17,24H,1-4,9-12,18H2. The molecule has 0 atom stereocenters. The van der Waals surface area contributed by atoms with E-state index in [0.717, 1.165) is 42.5 Å². The van der Waals surface area contributed by atoms with Gasteiger partial charge in [0.1, 0.15) is 17.3 Å². The van der Waals surface area contributed by atoms with Crippen molar-refractivity contribution >= 4 is 15.7 Å². The third-order valence-corrected chi connectivity index (χ3v) is 8.85. The van der Waals surface area contributed by atoms with E-state index in [9.17, 15) is 22.0 Å². The van der Waals surface area contributed by atoms with Crippen molar-refractivity contribution in [3.05, 3.63) is 81.8 Å². The lowest BCUT2D eigenvalue weighted by atomic mass is 10.2. The summed E-state index contributed by atoms with van der Waals surface area (Å²) in [6, 6.07) is 11.2. The summed E-state index contributed by atoms with van der Waals surface area (Å²) in [6.07, 6.45) is 4.79. The second kappa shape index (κ2) is 11.1. The van der Waals surface area contributed by atoms with Crippen LogP contribution in [0, 0.1) is 23.0 Å². The molecule has 9 nitrogen and oxygen atoms in total. The van der Waals surface area contributed by atoms with E-state index < -0.39 is 27.2 Å². The van der Waals surface area contributed by atoms with E-state index >= 15 is 0 Å². The molecule has 1 aromatic heterocycles. The topological polar surface area (TPSA) is 109 Å². The normalized spacial score (nSPS) is 16.8. The lowest BCUT2D eigenvalue weighted by Crippen LogP contribution is -2.49. The van der Waals surface area contributed by atoms with E-state index in [1.54, 1.807) is 24.3 Å². The fraction of sp³-hybridized carbons (Fsp3) is 0.370. The monoisotopic (exact) mass is 555 g/mol. The molecular formula is C27H27F2N5O4S. The van der Waals surface area contributed by atoms with Crippen molar-refractivity contribution in [1.82, 2.24) is 14.1 Å². The average Bonchev–Trinajstić information content (AvgIpc) is 3.43. The lowest BCUT2D eigenvalue weighted by Gasteiger charge is -2.36. The van der Waals surface area contributed by atoms with Crippen molar-refractivity contribution in [1.29, 1.82) is 5.26 Å². The van der Waals surface area contributed by atoms with Crippen molar-refractivity contribution in [2.24, 2.45) is 0 Å². The first-order chi connectivity index (χ1) is 18.7. The number of anilines is 1. The summed E-state index contributed by atoms with van der Waals surface area (Å²) < 4.78 is 62.3. The van der Waals surface area contributed by atoms with Crippen LogP contribution in [0.5, 0.6) is 5.75 Å². The first-order valence-electron chi connectivity index (χ1n) is 12.7. The maximum absolute atomic E-state index is 13.9. The van der Waals surface area contributed by atoms with Gasteiger partial charge in [-0.1, -0.05) is 12.1 Å². The van der Waals surface area contributed by atoms with Crippen LogP contribution in [0.3, 0.4) is 0 Å². The van der Waals surface area contributed by atoms with Crippen LogP contribution < -0.4 is 15.2 Å². The molecule has 0 radical (unpaired) electrons. The van der Waals surface area contributed by atoms with Crippen molar-refractivity contribution in [3.63, 3.8) is 0 Å². The van der Waals surface area contributed by atoms with Crippen LogP contribution in [-0.2, 0) is 15.8 Å². The van der Waals surface area contributed by atoms with Crippen LogP contribution in [-0.4, -0.2) is 54.8 Å². The minimum Gasteiger partial charge on any atom is -0.483 e. The lowest BCUT2D eigenvalue weighted by molar-refractivity contribution is 0.205. The first kappa shape index (κ1) is 26.8. The van der Waals surface area contributed by atoms with E-state index in [0.29, 0.717) is 36.0 Å². The van der Waals surface area contributed by atoms with Gasteiger partial charge >= 0.3 is 5.56 Å². The van der Waals surface area contributed by atoms with Gasteiger partial charge in [0.25, 0.3) is 0 Å². The Labute approximate surface area is 224 Å². The number of benzene rings is 2. The molecule has 1 saturated carbocycles. The molecule has 2 aliphatic rings. The van der Waals surface area contributed by atoms with Crippen LogP contribution in [0.1, 0.15) is 36.8 Å². The Morgan fingerprint density at radius 2 is 1.64 bits per heavy atom. The van der Waals surface area contributed by atoms with Crippen molar-refractivity contribution in [2.75, 3.05) is 31.1 Å². The third kappa shape index (κ3) is 5.94. The summed E-state index contributed by atoms with van der Waals surface area (Å²) in [5, 5.41) is 13.1. The zero-order chi connectivity index (χ0) is 27.6. The summed E-state index contributed by atoms with van der Waals surface area (Å²) in [5.74, 6) is -1.81. The first-order valence-corrected chi connectivity index (χ1v) is 14.3. The van der Waals surface area contributed by atoms with Gasteiger partial charge in [-0.2, -0.15) is 19.3 Å². The Morgan fingerprint density at radius 1 is 1.00 bits per heavy atom. The number of aromatic nitrogens is 2. The van der Waals surface area contributed by atoms with Gasteiger partial charge in [-0.05, 0) is 55.5 Å². The van der Waals surface area contributed by atoms with Gasteiger partial charge in [0.2, 0.25) is 15.8 Å². The van der Waals surface area contributed by atoms with Crippen molar-refractivity contribution in [3.8, 4) is 17.5 Å². The number of sulfonamides is 1. The number of halogens is 2. The molecular weight excluding hydrogens is 528 g/mol. The number of hydrogen-bond acceptors (Lipinski definition) is 7. The Hall–Kier alpha value is -3.82. The maximum Gasteiger partial charge on any atom is 0.316 e. The predicted molar refractivity (Wildman–Crippen MR) is 140 cm³/mol. The van der Waals surface area contributed by atoms with Crippen LogP contribution >= 0.6 is 0 Å². The smallest absolute Gasteiger partial charge is 0.316 e. The van der Waals surface area contributed by atoms with E-state index in [4.69, 9.17) is 10.00 Å². The number of ether oxygens (including phenoxy) is 1. The highest BCUT2D eigenvalue weighted by atomic mass is 32.2. The molecule has 0 bridgehead atoms. The molecule has 1 aliphatic heterocycles. The minimum atomic E-state index is -3.61. The highest BCUT2D eigenvalue weighted by Gasteiger charge is 2.30. The second-order valence-electron chi connectivity index (χ2n) is 9.68. The Bertz CT molecular complexity index is 1540. The van der Waals surface area contributed by atoms with Crippen LogP contribution in [0.15, 0.2) is 53.5 Å². The molecule has 5 rings (SSSR count). The second-order valence-corrected chi connectivity index (χ2v) is 11.6. The van der Waals surface area contributed by atoms with E-state index in [1.165, 1.54) is 10.5 Å². The van der Waals surface area contributed by atoms with Crippen molar-refractivity contribution < 1.29 is 21.9 Å². The quantitative estimate of drug-likeness (QED) is 0.440. The van der Waals surface area contributed by atoms with Gasteiger partial charge in [-0.25, -0.2) is 17.2 Å². The maximum atomic E-state index is 13.9. The van der Waals surface area contributed by atoms with E-state index in [-0.39, 0.29) is 36.4 Å². The SMILES string of the molecule is N#Cc1ccc(CS(=O)(=O)N2CCN(c3cnn(-c4cc(F)cc(F)c4)c(=O)c3OC3CCCC3)CC2)cc1. The molecule has 0 spiro atoms. The molecule has 2 heterocycles. The van der Waals surface area contributed by atoms with Gasteiger partial charge in [0.05, 0.1) is 35.4 Å². The Balaban J connectivity index is 1.37. The fourth-order valence-corrected chi connectivity index (χ4v) is 6.48. The molecule has 2 aromatic carbocycles. The largest absolute Gasteiger partial charge is 0.483 e. The van der Waals surface area contributed by atoms with Crippen LogP contribution in [0.2, 0.25) is 0 Å². The zero-order valence-electron chi connectivity index (χ0n) is 21.1. The fourth-order valence-electron chi connectivity index (χ4n) is 4.97.